The second-order valence-electron chi connectivity index (χ2n) is 6.66. The van der Waals surface area contributed by atoms with E-state index in [4.69, 9.17) is 9.47 Å². The molecule has 5 rings (SSSR count). The third-order valence-corrected chi connectivity index (χ3v) is 4.67. The summed E-state index contributed by atoms with van der Waals surface area (Å²) in [5, 5.41) is 2.89. The normalized spacial score (nSPS) is 18.7. The van der Waals surface area contributed by atoms with Crippen LogP contribution in [-0.4, -0.2) is 39.7 Å². The van der Waals surface area contributed by atoms with E-state index in [0.717, 1.165) is 16.9 Å². The lowest BCUT2D eigenvalue weighted by molar-refractivity contribution is 0.0789. The van der Waals surface area contributed by atoms with Crippen molar-refractivity contribution < 1.29 is 14.3 Å². The lowest BCUT2D eigenvalue weighted by Gasteiger charge is -2.26. The van der Waals surface area contributed by atoms with Gasteiger partial charge in [0.1, 0.15) is 18.2 Å². The average molecular weight is 350 g/mol. The summed E-state index contributed by atoms with van der Waals surface area (Å²) in [6.07, 6.45) is 5.52. The van der Waals surface area contributed by atoms with E-state index in [-0.39, 0.29) is 12.0 Å². The third kappa shape index (κ3) is 2.75. The summed E-state index contributed by atoms with van der Waals surface area (Å²) < 4.78 is 13.6. The first-order valence-corrected chi connectivity index (χ1v) is 8.77. The van der Waals surface area contributed by atoms with Crippen molar-refractivity contribution in [2.24, 2.45) is 0 Å². The molecule has 1 fully saturated rings. The number of carbonyl (C=O) groups excluding carboxylic acids is 1. The highest BCUT2D eigenvalue weighted by Gasteiger charge is 2.26. The molecule has 0 bridgehead atoms. The summed E-state index contributed by atoms with van der Waals surface area (Å²) in [6.45, 7) is 0.766. The average Bonchev–Trinajstić information content (AvgIpc) is 3.44. The standard InChI is InChI=1S/C19H18N4O3/c24-19(21-9-14-10-25-16-3-1-2-4-17(16)26-14)12-7-15-18(20-8-12)23(11-22-15)13-5-6-13/h1-4,7-8,11,13-14H,5-6,9-10H2,(H,21,24). The number of nitrogens with one attached hydrogen (secondary N) is 1. The number of ether oxygens (including phenoxy) is 2. The predicted molar refractivity (Wildman–Crippen MR) is 94.5 cm³/mol. The molecule has 1 aliphatic carbocycles. The van der Waals surface area contributed by atoms with Gasteiger partial charge in [-0.2, -0.15) is 0 Å². The number of rotatable bonds is 4. The van der Waals surface area contributed by atoms with Gasteiger partial charge >= 0.3 is 0 Å². The lowest BCUT2D eigenvalue weighted by atomic mass is 10.2. The molecule has 1 amide bonds. The van der Waals surface area contributed by atoms with Crippen LogP contribution in [0.4, 0.5) is 0 Å². The Bertz CT molecular complexity index is 980. The smallest absolute Gasteiger partial charge is 0.253 e. The number of carbonyl (C=O) groups is 1. The number of fused-ring (bicyclic) bond motifs is 2. The molecule has 132 valence electrons. The molecule has 1 atom stereocenters. The molecule has 1 aromatic carbocycles. The molecular weight excluding hydrogens is 332 g/mol. The number of hydrogen-bond acceptors (Lipinski definition) is 5. The minimum atomic E-state index is -0.223. The van der Waals surface area contributed by atoms with E-state index in [1.54, 1.807) is 12.3 Å². The molecule has 7 nitrogen and oxygen atoms in total. The number of aromatic nitrogens is 3. The fraction of sp³-hybridized carbons (Fsp3) is 0.316. The van der Waals surface area contributed by atoms with Crippen LogP contribution in [-0.2, 0) is 0 Å². The van der Waals surface area contributed by atoms with Crippen LogP contribution in [0.15, 0.2) is 42.9 Å². The fourth-order valence-electron chi connectivity index (χ4n) is 3.14. The van der Waals surface area contributed by atoms with E-state index in [0.29, 0.717) is 30.5 Å². The molecule has 2 aliphatic rings. The van der Waals surface area contributed by atoms with Gasteiger partial charge in [-0.25, -0.2) is 9.97 Å². The molecule has 0 spiro atoms. The van der Waals surface area contributed by atoms with Crippen LogP contribution < -0.4 is 14.8 Å². The Morgan fingerprint density at radius 2 is 2.08 bits per heavy atom. The van der Waals surface area contributed by atoms with Crippen molar-refractivity contribution in [1.82, 2.24) is 19.9 Å². The van der Waals surface area contributed by atoms with Crippen LogP contribution in [0.25, 0.3) is 11.2 Å². The maximum atomic E-state index is 12.4. The van der Waals surface area contributed by atoms with Crippen LogP contribution in [0.3, 0.4) is 0 Å². The van der Waals surface area contributed by atoms with Gasteiger partial charge in [-0.3, -0.25) is 4.79 Å². The minimum absolute atomic E-state index is 0.192. The van der Waals surface area contributed by atoms with Crippen molar-refractivity contribution in [1.29, 1.82) is 0 Å². The minimum Gasteiger partial charge on any atom is -0.486 e. The summed E-state index contributed by atoms with van der Waals surface area (Å²) in [7, 11) is 0. The van der Waals surface area contributed by atoms with Gasteiger partial charge in [-0.05, 0) is 31.0 Å². The van der Waals surface area contributed by atoms with Crippen molar-refractivity contribution in [2.45, 2.75) is 25.0 Å². The highest BCUT2D eigenvalue weighted by Crippen LogP contribution is 2.36. The number of benzene rings is 1. The molecular formula is C19H18N4O3. The van der Waals surface area contributed by atoms with E-state index >= 15 is 0 Å². The lowest BCUT2D eigenvalue weighted by Crippen LogP contribution is -2.40. The van der Waals surface area contributed by atoms with Crippen LogP contribution in [0.2, 0.25) is 0 Å². The van der Waals surface area contributed by atoms with Gasteiger partial charge in [-0.1, -0.05) is 12.1 Å². The topological polar surface area (TPSA) is 78.3 Å². The molecule has 26 heavy (non-hydrogen) atoms. The zero-order chi connectivity index (χ0) is 17.5. The van der Waals surface area contributed by atoms with Gasteiger partial charge in [0.2, 0.25) is 0 Å². The van der Waals surface area contributed by atoms with Gasteiger partial charge in [0.25, 0.3) is 5.91 Å². The van der Waals surface area contributed by atoms with Crippen LogP contribution in [0, 0.1) is 0 Å². The Morgan fingerprint density at radius 1 is 1.23 bits per heavy atom. The summed E-state index contributed by atoms with van der Waals surface area (Å²) in [4.78, 5) is 21.3. The van der Waals surface area contributed by atoms with Crippen LogP contribution in [0.5, 0.6) is 11.5 Å². The van der Waals surface area contributed by atoms with Crippen molar-refractivity contribution in [2.75, 3.05) is 13.2 Å². The highest BCUT2D eigenvalue weighted by molar-refractivity contribution is 5.96. The zero-order valence-electron chi connectivity index (χ0n) is 14.1. The van der Waals surface area contributed by atoms with Crippen molar-refractivity contribution in [3.05, 3.63) is 48.4 Å². The molecule has 1 saturated carbocycles. The summed E-state index contributed by atoms with van der Waals surface area (Å²) >= 11 is 0. The molecule has 1 N–H and O–H groups in total. The first-order chi connectivity index (χ1) is 12.8. The highest BCUT2D eigenvalue weighted by atomic mass is 16.6. The number of para-hydroxylation sites is 2. The molecule has 1 aliphatic heterocycles. The Balaban J connectivity index is 1.25. The van der Waals surface area contributed by atoms with Gasteiger partial charge in [0, 0.05) is 12.2 Å². The molecule has 7 heteroatoms. The van der Waals surface area contributed by atoms with E-state index in [1.807, 2.05) is 30.6 Å². The predicted octanol–water partition coefficient (Wildman–Crippen LogP) is 2.34. The van der Waals surface area contributed by atoms with Crippen molar-refractivity contribution >= 4 is 17.1 Å². The number of amides is 1. The number of nitrogens with zero attached hydrogens (tertiary/aromatic N) is 3. The Kier molecular flexibility index (Phi) is 3.51. The SMILES string of the molecule is O=C(NCC1COc2ccccc2O1)c1cnc2c(c1)ncn2C1CC1. The summed E-state index contributed by atoms with van der Waals surface area (Å²) in [5.74, 6) is 1.24. The third-order valence-electron chi connectivity index (χ3n) is 4.67. The second-order valence-corrected chi connectivity index (χ2v) is 6.66. The Hall–Kier alpha value is -3.09. The van der Waals surface area contributed by atoms with Crippen molar-refractivity contribution in [3.8, 4) is 11.5 Å². The maximum absolute atomic E-state index is 12.4. The van der Waals surface area contributed by atoms with Gasteiger partial charge in [0.05, 0.1) is 18.4 Å². The second kappa shape index (κ2) is 6.01. The number of hydrogen-bond donors (Lipinski definition) is 1. The maximum Gasteiger partial charge on any atom is 0.253 e. The monoisotopic (exact) mass is 350 g/mol. The van der Waals surface area contributed by atoms with E-state index in [2.05, 4.69) is 19.9 Å². The largest absolute Gasteiger partial charge is 0.486 e. The molecule has 0 saturated heterocycles. The summed E-state index contributed by atoms with van der Waals surface area (Å²) in [6, 6.07) is 9.81. The molecule has 3 heterocycles. The quantitative estimate of drug-likeness (QED) is 0.781. The zero-order valence-corrected chi connectivity index (χ0v) is 14.1. The Morgan fingerprint density at radius 3 is 2.92 bits per heavy atom. The van der Waals surface area contributed by atoms with Crippen molar-refractivity contribution in [3.63, 3.8) is 0 Å². The first kappa shape index (κ1) is 15.2. The fourth-order valence-corrected chi connectivity index (χ4v) is 3.14. The molecule has 0 radical (unpaired) electrons. The summed E-state index contributed by atoms with van der Waals surface area (Å²) in [5.41, 5.74) is 2.08. The van der Waals surface area contributed by atoms with Gasteiger partial charge in [0.15, 0.2) is 17.1 Å². The Labute approximate surface area is 150 Å². The van der Waals surface area contributed by atoms with E-state index in [1.165, 1.54) is 12.8 Å². The van der Waals surface area contributed by atoms with Crippen LogP contribution in [0.1, 0.15) is 29.2 Å². The van der Waals surface area contributed by atoms with Gasteiger partial charge in [-0.15, -0.1) is 0 Å². The number of imidazole rings is 1. The van der Waals surface area contributed by atoms with Crippen LogP contribution >= 0.6 is 0 Å². The van der Waals surface area contributed by atoms with Gasteiger partial charge < -0.3 is 19.4 Å². The molecule has 2 aromatic heterocycles. The molecule has 3 aromatic rings. The molecule has 1 unspecified atom stereocenters. The van der Waals surface area contributed by atoms with E-state index < -0.39 is 0 Å². The first-order valence-electron chi connectivity index (χ1n) is 8.77. The number of pyridine rings is 1. The van der Waals surface area contributed by atoms with E-state index in [9.17, 15) is 4.79 Å².